The first-order chi connectivity index (χ1) is 8.26. The van der Waals surface area contributed by atoms with Crippen molar-refractivity contribution < 1.29 is 17.9 Å². The summed E-state index contributed by atoms with van der Waals surface area (Å²) in [5.41, 5.74) is -0.739. The highest BCUT2D eigenvalue weighted by molar-refractivity contribution is 5.29. The average molecular weight is 261 g/mol. The van der Waals surface area contributed by atoms with Gasteiger partial charge in [-0.2, -0.15) is 13.2 Å². The summed E-state index contributed by atoms with van der Waals surface area (Å²) in [6.07, 6.45) is -4.31. The predicted octanol–water partition coefficient (Wildman–Crippen LogP) is 3.22. The van der Waals surface area contributed by atoms with Crippen LogP contribution in [0.4, 0.5) is 13.2 Å². The minimum Gasteiger partial charge on any atom is -0.377 e. The molecule has 5 heteroatoms. The zero-order valence-electron chi connectivity index (χ0n) is 10.8. The molecule has 0 aliphatic carbocycles. The zero-order valence-corrected chi connectivity index (χ0v) is 10.8. The number of halogens is 3. The number of nitrogens with one attached hydrogen (secondary N) is 1. The second kappa shape index (κ2) is 5.71. The highest BCUT2D eigenvalue weighted by Gasteiger charge is 2.32. The maximum Gasteiger partial charge on any atom is 0.416 e. The van der Waals surface area contributed by atoms with Crippen LogP contribution in [0.2, 0.25) is 0 Å². The Morgan fingerprint density at radius 2 is 1.78 bits per heavy atom. The molecule has 0 saturated heterocycles. The molecule has 1 aromatic rings. The number of methoxy groups -OCH3 is 1. The van der Waals surface area contributed by atoms with Crippen molar-refractivity contribution in [1.29, 1.82) is 0 Å². The normalized spacial score (nSPS) is 12.8. The Morgan fingerprint density at radius 3 is 2.33 bits per heavy atom. The molecule has 0 bridgehead atoms. The molecule has 1 N–H and O–H groups in total. The lowest BCUT2D eigenvalue weighted by Crippen LogP contribution is -2.36. The summed E-state index contributed by atoms with van der Waals surface area (Å²) in [4.78, 5) is 0. The summed E-state index contributed by atoms with van der Waals surface area (Å²) in [5, 5.41) is 2.98. The molecule has 0 saturated carbocycles. The van der Waals surface area contributed by atoms with E-state index in [0.717, 1.165) is 6.07 Å². The lowest BCUT2D eigenvalue weighted by atomic mass is 10.1. The molecular formula is C13H18F3NO. The molecule has 2 nitrogen and oxygen atoms in total. The van der Waals surface area contributed by atoms with Gasteiger partial charge in [-0.05, 0) is 25.5 Å². The van der Waals surface area contributed by atoms with Crippen molar-refractivity contribution in [1.82, 2.24) is 5.32 Å². The van der Waals surface area contributed by atoms with Crippen molar-refractivity contribution in [3.05, 3.63) is 35.4 Å². The van der Waals surface area contributed by atoms with Crippen LogP contribution in [0.15, 0.2) is 24.3 Å². The molecule has 0 amide bonds. The van der Waals surface area contributed by atoms with E-state index in [1.165, 1.54) is 12.1 Å². The minimum atomic E-state index is -4.31. The third-order valence-corrected chi connectivity index (χ3v) is 2.74. The van der Waals surface area contributed by atoms with Gasteiger partial charge in [0.15, 0.2) is 0 Å². The van der Waals surface area contributed by atoms with E-state index in [1.54, 1.807) is 13.2 Å². The topological polar surface area (TPSA) is 21.3 Å². The molecule has 102 valence electrons. The van der Waals surface area contributed by atoms with Crippen molar-refractivity contribution in [2.24, 2.45) is 0 Å². The van der Waals surface area contributed by atoms with Gasteiger partial charge in [-0.1, -0.05) is 18.2 Å². The summed E-state index contributed by atoms with van der Waals surface area (Å²) in [7, 11) is 1.57. The Bertz CT molecular complexity index is 388. The molecule has 18 heavy (non-hydrogen) atoms. The van der Waals surface area contributed by atoms with Crippen LogP contribution < -0.4 is 5.32 Å². The second-order valence-electron chi connectivity index (χ2n) is 4.72. The van der Waals surface area contributed by atoms with Gasteiger partial charge in [-0.15, -0.1) is 0 Å². The van der Waals surface area contributed by atoms with Crippen LogP contribution in [0.5, 0.6) is 0 Å². The van der Waals surface area contributed by atoms with Crippen LogP contribution in [-0.2, 0) is 17.5 Å². The molecule has 1 aromatic carbocycles. The first-order valence-corrected chi connectivity index (χ1v) is 5.67. The molecule has 0 aliphatic rings. The number of benzene rings is 1. The number of rotatable bonds is 5. The van der Waals surface area contributed by atoms with Crippen molar-refractivity contribution >= 4 is 0 Å². The molecule has 0 heterocycles. The van der Waals surface area contributed by atoms with Gasteiger partial charge in [-0.3, -0.25) is 0 Å². The van der Waals surface area contributed by atoms with E-state index in [1.807, 2.05) is 13.8 Å². The average Bonchev–Trinajstić information content (AvgIpc) is 2.28. The summed E-state index contributed by atoms with van der Waals surface area (Å²) < 4.78 is 43.4. The fraction of sp³-hybridized carbons (Fsp3) is 0.538. The van der Waals surface area contributed by atoms with Crippen molar-refractivity contribution in [3.63, 3.8) is 0 Å². The van der Waals surface area contributed by atoms with Crippen LogP contribution in [-0.4, -0.2) is 19.3 Å². The molecular weight excluding hydrogens is 243 g/mol. The fourth-order valence-corrected chi connectivity index (χ4v) is 1.52. The SMILES string of the molecule is COC(C)(C)CNCc1ccccc1C(F)(F)F. The van der Waals surface area contributed by atoms with E-state index in [4.69, 9.17) is 4.74 Å². The van der Waals surface area contributed by atoms with Gasteiger partial charge in [0.25, 0.3) is 0 Å². The Hall–Kier alpha value is -1.07. The Morgan fingerprint density at radius 1 is 1.17 bits per heavy atom. The van der Waals surface area contributed by atoms with Crippen molar-refractivity contribution in [2.75, 3.05) is 13.7 Å². The summed E-state index contributed by atoms with van der Waals surface area (Å²) >= 11 is 0. The standard InChI is InChI=1S/C13H18F3NO/c1-12(2,18-3)9-17-8-10-6-4-5-7-11(10)13(14,15)16/h4-7,17H,8-9H2,1-3H3. The highest BCUT2D eigenvalue weighted by Crippen LogP contribution is 2.31. The summed E-state index contributed by atoms with van der Waals surface area (Å²) in [6.45, 7) is 4.39. The molecule has 0 radical (unpaired) electrons. The van der Waals surface area contributed by atoms with E-state index < -0.39 is 17.3 Å². The smallest absolute Gasteiger partial charge is 0.377 e. The van der Waals surface area contributed by atoms with E-state index in [-0.39, 0.29) is 12.1 Å². The molecule has 0 unspecified atom stereocenters. The molecule has 0 spiro atoms. The quantitative estimate of drug-likeness (QED) is 0.878. The van der Waals surface area contributed by atoms with E-state index in [9.17, 15) is 13.2 Å². The first kappa shape index (κ1) is 15.0. The van der Waals surface area contributed by atoms with Crippen LogP contribution in [0, 0.1) is 0 Å². The van der Waals surface area contributed by atoms with E-state index in [0.29, 0.717) is 6.54 Å². The number of alkyl halides is 3. The number of ether oxygens (including phenoxy) is 1. The van der Waals surface area contributed by atoms with Gasteiger partial charge >= 0.3 is 6.18 Å². The van der Waals surface area contributed by atoms with Gasteiger partial charge in [0.2, 0.25) is 0 Å². The Balaban J connectivity index is 2.69. The molecule has 0 aliphatic heterocycles. The Labute approximate surface area is 105 Å². The van der Waals surface area contributed by atoms with Crippen molar-refractivity contribution in [3.8, 4) is 0 Å². The largest absolute Gasteiger partial charge is 0.416 e. The van der Waals surface area contributed by atoms with Gasteiger partial charge in [-0.25, -0.2) is 0 Å². The summed E-state index contributed by atoms with van der Waals surface area (Å²) in [5.74, 6) is 0. The molecule has 1 rings (SSSR count). The van der Waals surface area contributed by atoms with Crippen LogP contribution in [0.25, 0.3) is 0 Å². The number of hydrogen-bond acceptors (Lipinski definition) is 2. The maximum atomic E-state index is 12.7. The lowest BCUT2D eigenvalue weighted by Gasteiger charge is -2.23. The zero-order chi connectivity index (χ0) is 13.8. The van der Waals surface area contributed by atoms with E-state index in [2.05, 4.69) is 5.32 Å². The second-order valence-corrected chi connectivity index (χ2v) is 4.72. The Kier molecular flexibility index (Phi) is 4.76. The van der Waals surface area contributed by atoms with Crippen LogP contribution >= 0.6 is 0 Å². The van der Waals surface area contributed by atoms with E-state index >= 15 is 0 Å². The maximum absolute atomic E-state index is 12.7. The van der Waals surface area contributed by atoms with Gasteiger partial charge < -0.3 is 10.1 Å². The lowest BCUT2D eigenvalue weighted by molar-refractivity contribution is -0.138. The van der Waals surface area contributed by atoms with Crippen molar-refractivity contribution in [2.45, 2.75) is 32.2 Å². The highest BCUT2D eigenvalue weighted by atomic mass is 19.4. The third kappa shape index (κ3) is 4.31. The van der Waals surface area contributed by atoms with Gasteiger partial charge in [0, 0.05) is 20.2 Å². The number of hydrogen-bond donors (Lipinski definition) is 1. The molecule has 0 atom stereocenters. The van der Waals surface area contributed by atoms with Crippen LogP contribution in [0.3, 0.4) is 0 Å². The van der Waals surface area contributed by atoms with Crippen LogP contribution in [0.1, 0.15) is 25.0 Å². The fourth-order valence-electron chi connectivity index (χ4n) is 1.52. The predicted molar refractivity (Wildman–Crippen MR) is 64.2 cm³/mol. The molecule has 0 fully saturated rings. The first-order valence-electron chi connectivity index (χ1n) is 5.67. The summed E-state index contributed by atoms with van der Waals surface area (Å²) in [6, 6.07) is 5.58. The minimum absolute atomic E-state index is 0.169. The molecule has 0 aromatic heterocycles. The van der Waals surface area contributed by atoms with Gasteiger partial charge in [0.05, 0.1) is 11.2 Å². The third-order valence-electron chi connectivity index (χ3n) is 2.74. The van der Waals surface area contributed by atoms with Gasteiger partial charge in [0.1, 0.15) is 0 Å². The monoisotopic (exact) mass is 261 g/mol.